The van der Waals surface area contributed by atoms with Crippen LogP contribution in [0.2, 0.25) is 0 Å². The maximum Gasteiger partial charge on any atom is 0.264 e. The lowest BCUT2D eigenvalue weighted by molar-refractivity contribution is -0.118. The van der Waals surface area contributed by atoms with Gasteiger partial charge in [0.25, 0.3) is 6.43 Å². The number of alkyl halides is 2. The van der Waals surface area contributed by atoms with Crippen molar-refractivity contribution in [2.75, 3.05) is 5.32 Å². The first-order valence-electron chi connectivity index (χ1n) is 7.91. The molecule has 0 aliphatic carbocycles. The molecule has 128 valence electrons. The second-order valence-electron chi connectivity index (χ2n) is 5.48. The van der Waals surface area contributed by atoms with E-state index in [2.05, 4.69) is 5.32 Å². The number of nitriles is 1. The van der Waals surface area contributed by atoms with E-state index in [0.29, 0.717) is 23.2 Å². The largest absolute Gasteiger partial charge is 0.326 e. The molecule has 0 saturated heterocycles. The highest BCUT2D eigenvalue weighted by atomic mass is 19.3. The number of amides is 1. The first-order chi connectivity index (χ1) is 12.0. The van der Waals surface area contributed by atoms with E-state index < -0.39 is 12.3 Å². The van der Waals surface area contributed by atoms with Crippen LogP contribution in [-0.2, 0) is 4.79 Å². The molecule has 1 amide bonds. The lowest BCUT2D eigenvalue weighted by Crippen LogP contribution is -2.21. The van der Waals surface area contributed by atoms with Gasteiger partial charge >= 0.3 is 0 Å². The molecule has 0 aliphatic heterocycles. The van der Waals surface area contributed by atoms with Gasteiger partial charge in [0.15, 0.2) is 0 Å². The highest BCUT2D eigenvalue weighted by molar-refractivity contribution is 5.94. The molecule has 0 aliphatic rings. The van der Waals surface area contributed by atoms with Gasteiger partial charge in [0, 0.05) is 11.3 Å². The van der Waals surface area contributed by atoms with Crippen LogP contribution in [0.15, 0.2) is 60.7 Å². The van der Waals surface area contributed by atoms with Crippen molar-refractivity contribution in [1.82, 2.24) is 0 Å². The Balaban J connectivity index is 2.26. The third-order valence-electron chi connectivity index (χ3n) is 3.78. The van der Waals surface area contributed by atoms with Gasteiger partial charge in [0.1, 0.15) is 0 Å². The molecule has 1 atom stereocenters. The SMILES string of the molecule is CCC(/C=C(\c1ccc(C#N)cc1)C(F)F)C(=O)Nc1ccccc1. The highest BCUT2D eigenvalue weighted by Gasteiger charge is 2.20. The molecule has 1 N–H and O–H groups in total. The van der Waals surface area contributed by atoms with Crippen molar-refractivity contribution < 1.29 is 13.6 Å². The van der Waals surface area contributed by atoms with Gasteiger partial charge in [-0.25, -0.2) is 8.78 Å². The molecule has 0 saturated carbocycles. The highest BCUT2D eigenvalue weighted by Crippen LogP contribution is 2.26. The number of carbonyl (C=O) groups excluding carboxylic acids is 1. The zero-order chi connectivity index (χ0) is 18.2. The number of allylic oxidation sites excluding steroid dienone is 1. The van der Waals surface area contributed by atoms with Crippen LogP contribution in [0.4, 0.5) is 14.5 Å². The predicted molar refractivity (Wildman–Crippen MR) is 94.0 cm³/mol. The summed E-state index contributed by atoms with van der Waals surface area (Å²) in [4.78, 5) is 12.4. The number of hydrogen-bond acceptors (Lipinski definition) is 2. The van der Waals surface area contributed by atoms with Gasteiger partial charge in [0.2, 0.25) is 5.91 Å². The molecular formula is C20H18F2N2O. The standard InChI is InChI=1S/C20H18F2N2O/c1-2-15(20(25)24-17-6-4-3-5-7-17)12-18(19(21)22)16-10-8-14(13-23)9-11-16/h3-12,15,19H,2H2,1H3,(H,24,25)/b18-12+. The first-order valence-corrected chi connectivity index (χ1v) is 7.91. The molecule has 0 heterocycles. The minimum Gasteiger partial charge on any atom is -0.326 e. The summed E-state index contributed by atoms with van der Waals surface area (Å²) in [6, 6.07) is 16.7. The normalized spacial score (nSPS) is 12.5. The smallest absolute Gasteiger partial charge is 0.264 e. The molecule has 0 fully saturated rings. The summed E-state index contributed by atoms with van der Waals surface area (Å²) in [5.41, 5.74) is 1.11. The molecule has 2 rings (SSSR count). The Morgan fingerprint density at radius 2 is 1.80 bits per heavy atom. The maximum absolute atomic E-state index is 13.5. The topological polar surface area (TPSA) is 52.9 Å². The van der Waals surface area contributed by atoms with Crippen LogP contribution in [0.25, 0.3) is 5.57 Å². The number of anilines is 1. The van der Waals surface area contributed by atoms with Crippen LogP contribution in [-0.4, -0.2) is 12.3 Å². The monoisotopic (exact) mass is 340 g/mol. The van der Waals surface area contributed by atoms with Crippen LogP contribution in [0, 0.1) is 17.2 Å². The van der Waals surface area contributed by atoms with Gasteiger partial charge in [-0.05, 0) is 36.2 Å². The van der Waals surface area contributed by atoms with E-state index in [1.54, 1.807) is 31.2 Å². The Kier molecular flexibility index (Phi) is 6.41. The fourth-order valence-electron chi connectivity index (χ4n) is 2.38. The number of halogens is 2. The number of nitrogens with zero attached hydrogens (tertiary/aromatic N) is 1. The van der Waals surface area contributed by atoms with Crippen LogP contribution >= 0.6 is 0 Å². The van der Waals surface area contributed by atoms with E-state index in [4.69, 9.17) is 5.26 Å². The third-order valence-corrected chi connectivity index (χ3v) is 3.78. The summed E-state index contributed by atoms with van der Waals surface area (Å²) < 4.78 is 27.0. The van der Waals surface area contributed by atoms with E-state index in [0.717, 1.165) is 0 Å². The molecule has 5 heteroatoms. The summed E-state index contributed by atoms with van der Waals surface area (Å²) >= 11 is 0. The van der Waals surface area contributed by atoms with Crippen molar-refractivity contribution >= 4 is 17.2 Å². The lowest BCUT2D eigenvalue weighted by Gasteiger charge is -2.14. The van der Waals surface area contributed by atoms with Gasteiger partial charge in [0.05, 0.1) is 17.6 Å². The number of benzene rings is 2. The summed E-state index contributed by atoms with van der Waals surface area (Å²) in [6.45, 7) is 1.77. The third kappa shape index (κ3) is 4.98. The quantitative estimate of drug-likeness (QED) is 0.815. The molecule has 0 radical (unpaired) electrons. The van der Waals surface area contributed by atoms with Crippen LogP contribution < -0.4 is 5.32 Å². The van der Waals surface area contributed by atoms with E-state index in [1.165, 1.54) is 30.3 Å². The number of carbonyl (C=O) groups is 1. The second-order valence-corrected chi connectivity index (χ2v) is 5.48. The molecule has 1 unspecified atom stereocenters. The summed E-state index contributed by atoms with van der Waals surface area (Å²) in [5, 5.41) is 11.5. The van der Waals surface area contributed by atoms with Crippen molar-refractivity contribution in [2.45, 2.75) is 19.8 Å². The van der Waals surface area contributed by atoms with Crippen LogP contribution in [0.1, 0.15) is 24.5 Å². The second kappa shape index (κ2) is 8.74. The minimum absolute atomic E-state index is 0.209. The zero-order valence-electron chi connectivity index (χ0n) is 13.7. The lowest BCUT2D eigenvalue weighted by atomic mass is 9.97. The first kappa shape index (κ1) is 18.3. The average Bonchev–Trinajstić information content (AvgIpc) is 2.63. The molecule has 2 aromatic carbocycles. The molecule has 3 nitrogen and oxygen atoms in total. The molecule has 2 aromatic rings. The summed E-state index contributed by atoms with van der Waals surface area (Å²) in [7, 11) is 0. The molecule has 0 spiro atoms. The van der Waals surface area contributed by atoms with Gasteiger partial charge < -0.3 is 5.32 Å². The van der Waals surface area contributed by atoms with E-state index in [-0.39, 0.29) is 11.5 Å². The van der Waals surface area contributed by atoms with Crippen molar-refractivity contribution in [3.63, 3.8) is 0 Å². The van der Waals surface area contributed by atoms with E-state index in [1.807, 2.05) is 12.1 Å². The Labute approximate surface area is 145 Å². The molecular weight excluding hydrogens is 322 g/mol. The number of nitrogens with one attached hydrogen (secondary N) is 1. The molecule has 0 bridgehead atoms. The zero-order valence-corrected chi connectivity index (χ0v) is 13.7. The number of rotatable bonds is 6. The van der Waals surface area contributed by atoms with Crippen molar-refractivity contribution in [3.8, 4) is 6.07 Å². The van der Waals surface area contributed by atoms with Gasteiger partial charge in [-0.1, -0.05) is 43.3 Å². The fraction of sp³-hybridized carbons (Fsp3) is 0.200. The molecule has 25 heavy (non-hydrogen) atoms. The van der Waals surface area contributed by atoms with E-state index >= 15 is 0 Å². The van der Waals surface area contributed by atoms with E-state index in [9.17, 15) is 13.6 Å². The Bertz CT molecular complexity index is 778. The van der Waals surface area contributed by atoms with Crippen LogP contribution in [0.5, 0.6) is 0 Å². The minimum atomic E-state index is -2.72. The van der Waals surface area contributed by atoms with Gasteiger partial charge in [-0.15, -0.1) is 0 Å². The number of hydrogen-bond donors (Lipinski definition) is 1. The summed E-state index contributed by atoms with van der Waals surface area (Å²) in [5.74, 6) is -1.01. The summed E-state index contributed by atoms with van der Waals surface area (Å²) in [6.07, 6.45) is -1.01. The average molecular weight is 340 g/mol. The van der Waals surface area contributed by atoms with Crippen molar-refractivity contribution in [3.05, 3.63) is 71.8 Å². The fourth-order valence-corrected chi connectivity index (χ4v) is 2.38. The predicted octanol–water partition coefficient (Wildman–Crippen LogP) is 4.87. The number of para-hydroxylation sites is 1. The van der Waals surface area contributed by atoms with Crippen molar-refractivity contribution in [1.29, 1.82) is 5.26 Å². The Hall–Kier alpha value is -3.00. The Morgan fingerprint density at radius 3 is 2.32 bits per heavy atom. The molecule has 0 aromatic heterocycles. The van der Waals surface area contributed by atoms with Crippen LogP contribution in [0.3, 0.4) is 0 Å². The Morgan fingerprint density at radius 1 is 1.16 bits per heavy atom. The maximum atomic E-state index is 13.5. The van der Waals surface area contributed by atoms with Gasteiger partial charge in [-0.2, -0.15) is 5.26 Å². The van der Waals surface area contributed by atoms with Gasteiger partial charge in [-0.3, -0.25) is 4.79 Å². The van der Waals surface area contributed by atoms with Crippen molar-refractivity contribution in [2.24, 2.45) is 5.92 Å².